The van der Waals surface area contributed by atoms with Crippen molar-refractivity contribution in [1.29, 1.82) is 0 Å². The molecule has 8 aromatic rings. The molecule has 0 amide bonds. The minimum atomic E-state index is -4.46. The fourth-order valence-electron chi connectivity index (χ4n) is 9.44. The third-order valence-corrected chi connectivity index (χ3v) is 13.3. The zero-order valence-electron chi connectivity index (χ0n) is 42.9. The number of hydrogen-bond donors (Lipinski definition) is 1. The minimum absolute atomic E-state index is 0.0295. The lowest BCUT2D eigenvalue weighted by atomic mass is 10.0. The van der Waals surface area contributed by atoms with Crippen LogP contribution < -0.4 is 18.9 Å². The number of carbonyl (C=O) groups excluding carboxylic acids is 3. The van der Waals surface area contributed by atoms with Gasteiger partial charge >= 0.3 is 18.3 Å². The number of rotatable bonds is 21. The average molecular weight is 1090 g/mol. The molecule has 9 rings (SSSR count). The van der Waals surface area contributed by atoms with Gasteiger partial charge in [-0.15, -0.1) is 0 Å². The zero-order chi connectivity index (χ0) is 55.9. The Labute approximate surface area is 442 Å². The fourth-order valence-corrected chi connectivity index (χ4v) is 9.44. The topological polar surface area (TPSA) is 196 Å². The average Bonchev–Trinajstić information content (AvgIpc) is 4.41. The summed E-state index contributed by atoms with van der Waals surface area (Å²) in [6, 6.07) is 13.7. The first kappa shape index (κ1) is 55.7. The van der Waals surface area contributed by atoms with Gasteiger partial charge in [0.25, 0.3) is 0 Å². The number of imidazole rings is 2. The van der Waals surface area contributed by atoms with E-state index in [4.69, 9.17) is 24.1 Å². The maximum absolute atomic E-state index is 12.7. The zero-order valence-corrected chi connectivity index (χ0v) is 42.9. The first-order valence-corrected chi connectivity index (χ1v) is 24.7. The lowest BCUT2D eigenvalue weighted by Gasteiger charge is -2.15. The molecule has 0 unspecified atom stereocenters. The highest BCUT2D eigenvalue weighted by Crippen LogP contribution is 2.40. The summed E-state index contributed by atoms with van der Waals surface area (Å²) in [6.07, 6.45) is 7.36. The van der Waals surface area contributed by atoms with Gasteiger partial charge in [0.15, 0.2) is 17.3 Å². The van der Waals surface area contributed by atoms with Gasteiger partial charge in [-0.2, -0.15) is 36.5 Å². The van der Waals surface area contributed by atoms with E-state index >= 15 is 0 Å². The Bertz CT molecular complexity index is 3430. The number of aromatic nitrogens is 8. The van der Waals surface area contributed by atoms with E-state index in [9.17, 15) is 45.5 Å². The molecule has 17 nitrogen and oxygen atoms in total. The molecular weight excluding hydrogens is 1030 g/mol. The number of carboxylic acid groups (broad SMARTS) is 1. The van der Waals surface area contributed by atoms with Crippen LogP contribution in [0.4, 0.5) is 26.3 Å². The SMILES string of the molecule is COc1cc(-c2cnc3cc(-c4cnn(CC(=O)CCC5CCCC5)c4)ccn23)cc(OC)c1C(=O)CCC(F)(F)F.COc1cc(-c2cnc3cc(-c4cnn(CC(=O)O)c4)ccn23)cc(OC)c1C(=O)CCC(F)(F)F. The molecule has 6 heterocycles. The van der Waals surface area contributed by atoms with Crippen molar-refractivity contribution in [3.8, 4) is 67.8 Å². The van der Waals surface area contributed by atoms with Crippen molar-refractivity contribution in [1.82, 2.24) is 38.3 Å². The van der Waals surface area contributed by atoms with Gasteiger partial charge in [-0.3, -0.25) is 37.3 Å². The molecule has 0 saturated heterocycles. The number of alkyl halides is 6. The van der Waals surface area contributed by atoms with E-state index in [-0.39, 0.29) is 53.0 Å². The molecule has 1 saturated carbocycles. The van der Waals surface area contributed by atoms with Crippen molar-refractivity contribution in [3.63, 3.8) is 0 Å². The molecular formula is C55H54F6N8O9. The molecule has 78 heavy (non-hydrogen) atoms. The highest BCUT2D eigenvalue weighted by Gasteiger charge is 2.32. The molecule has 0 radical (unpaired) electrons. The van der Waals surface area contributed by atoms with Crippen LogP contribution >= 0.6 is 0 Å². The second-order valence-electron chi connectivity index (χ2n) is 18.6. The maximum Gasteiger partial charge on any atom is 0.389 e. The lowest BCUT2D eigenvalue weighted by Crippen LogP contribution is -2.12. The van der Waals surface area contributed by atoms with Crippen LogP contribution in [0.15, 0.2) is 98.1 Å². The summed E-state index contributed by atoms with van der Waals surface area (Å²) in [7, 11) is 5.35. The predicted molar refractivity (Wildman–Crippen MR) is 273 cm³/mol. The summed E-state index contributed by atoms with van der Waals surface area (Å²) in [5, 5.41) is 17.4. The third kappa shape index (κ3) is 13.4. The number of fused-ring (bicyclic) bond motifs is 2. The number of Topliss-reactive ketones (excluding diaryl/α,β-unsaturated/α-hetero) is 3. The van der Waals surface area contributed by atoms with E-state index in [1.807, 2.05) is 35.0 Å². The van der Waals surface area contributed by atoms with Crippen LogP contribution in [0.25, 0.3) is 56.1 Å². The lowest BCUT2D eigenvalue weighted by molar-refractivity contribution is -0.138. The number of carbonyl (C=O) groups is 4. The minimum Gasteiger partial charge on any atom is -0.496 e. The van der Waals surface area contributed by atoms with Gasteiger partial charge in [0.05, 0.1) is 84.0 Å². The van der Waals surface area contributed by atoms with E-state index < -0.39 is 55.6 Å². The quantitative estimate of drug-likeness (QED) is 0.0528. The largest absolute Gasteiger partial charge is 0.496 e. The van der Waals surface area contributed by atoms with Gasteiger partial charge in [-0.25, -0.2) is 9.97 Å². The summed E-state index contributed by atoms with van der Waals surface area (Å²) in [5.74, 6) is -1.17. The molecule has 0 aliphatic heterocycles. The van der Waals surface area contributed by atoms with E-state index in [1.54, 1.807) is 76.6 Å². The molecule has 6 aromatic heterocycles. The first-order chi connectivity index (χ1) is 37.2. The number of halogens is 6. The number of methoxy groups -OCH3 is 4. The number of aliphatic carboxylic acids is 1. The number of nitrogens with zero attached hydrogens (tertiary/aromatic N) is 8. The number of hydrogen-bond acceptors (Lipinski definition) is 12. The second kappa shape index (κ2) is 23.8. The number of carboxylic acids is 1. The molecule has 1 aliphatic rings. The van der Waals surface area contributed by atoms with Crippen LogP contribution in [0.3, 0.4) is 0 Å². The Kier molecular flexibility index (Phi) is 17.0. The number of pyridine rings is 2. The van der Waals surface area contributed by atoms with Crippen LogP contribution in [0, 0.1) is 5.92 Å². The van der Waals surface area contributed by atoms with Crippen molar-refractivity contribution in [2.45, 2.75) is 89.7 Å². The van der Waals surface area contributed by atoms with Crippen LogP contribution in [0.2, 0.25) is 0 Å². The number of benzene rings is 2. The molecule has 23 heteroatoms. The van der Waals surface area contributed by atoms with E-state index in [0.717, 1.165) is 23.1 Å². The summed E-state index contributed by atoms with van der Waals surface area (Å²) < 4.78 is 104. The molecule has 0 atom stereocenters. The molecule has 2 aromatic carbocycles. The van der Waals surface area contributed by atoms with E-state index in [0.29, 0.717) is 51.7 Å². The fraction of sp³-hybridized carbons (Fsp3) is 0.345. The van der Waals surface area contributed by atoms with Gasteiger partial charge in [-0.05, 0) is 72.0 Å². The predicted octanol–water partition coefficient (Wildman–Crippen LogP) is 11.4. The first-order valence-electron chi connectivity index (χ1n) is 24.7. The van der Waals surface area contributed by atoms with Gasteiger partial charge in [0.2, 0.25) is 0 Å². The highest BCUT2D eigenvalue weighted by atomic mass is 19.4. The maximum atomic E-state index is 12.7. The second-order valence-corrected chi connectivity index (χ2v) is 18.6. The third-order valence-electron chi connectivity index (χ3n) is 13.3. The summed E-state index contributed by atoms with van der Waals surface area (Å²) in [5.41, 5.74) is 6.86. The molecule has 0 spiro atoms. The summed E-state index contributed by atoms with van der Waals surface area (Å²) in [4.78, 5) is 57.6. The Balaban J connectivity index is 0.000000208. The summed E-state index contributed by atoms with van der Waals surface area (Å²) in [6.45, 7) is -0.00496. The van der Waals surface area contributed by atoms with Crippen LogP contribution in [-0.4, -0.2) is 108 Å². The smallest absolute Gasteiger partial charge is 0.389 e. The Morgan fingerprint density at radius 1 is 0.564 bits per heavy atom. The normalized spacial score (nSPS) is 12.9. The highest BCUT2D eigenvalue weighted by molar-refractivity contribution is 6.03. The van der Waals surface area contributed by atoms with Crippen LogP contribution in [0.1, 0.15) is 84.9 Å². The van der Waals surface area contributed by atoms with Crippen molar-refractivity contribution in [3.05, 3.63) is 109 Å². The van der Waals surface area contributed by atoms with E-state index in [1.165, 1.54) is 58.8 Å². The van der Waals surface area contributed by atoms with Crippen LogP contribution in [-0.2, 0) is 22.7 Å². The van der Waals surface area contributed by atoms with Crippen molar-refractivity contribution < 1.29 is 69.6 Å². The standard InChI is InChI=1S/C31H33F3N4O4.C24H21F3N4O5/c1-41-27-13-22(14-28(42-2)30(27)26(40)9-11-31(32,33)34)25-17-35-29-15-21(10-12-38(25)29)23-16-36-37(18-23)19-24(39)8-7-20-5-3-4-6-20;1-35-19-7-15(8-20(36-2)23(19)18(32)3-5-24(25,26)27)17-11-28-21-9-14(4-6-31(17)21)16-10-29-30(12-16)13-22(33)34/h10,12-18,20H,3-9,11,19H2,1-2H3;4,6-12H,3,5,13H2,1-2H3,(H,33,34). The Hall–Kier alpha value is -8.50. The van der Waals surface area contributed by atoms with Crippen molar-refractivity contribution >= 4 is 34.6 Å². The molecule has 410 valence electrons. The molecule has 1 N–H and O–H groups in total. The van der Waals surface area contributed by atoms with Gasteiger partial charge in [-0.1, -0.05) is 25.7 Å². The molecule has 1 fully saturated rings. The number of ketones is 3. The Morgan fingerprint density at radius 3 is 1.36 bits per heavy atom. The van der Waals surface area contributed by atoms with Crippen molar-refractivity contribution in [2.75, 3.05) is 28.4 Å². The van der Waals surface area contributed by atoms with Gasteiger partial charge in [0, 0.05) is 66.3 Å². The monoisotopic (exact) mass is 1080 g/mol. The molecule has 1 aliphatic carbocycles. The summed E-state index contributed by atoms with van der Waals surface area (Å²) >= 11 is 0. The van der Waals surface area contributed by atoms with Crippen molar-refractivity contribution in [2.24, 2.45) is 5.92 Å². The van der Waals surface area contributed by atoms with Gasteiger partial charge in [0.1, 0.15) is 52.0 Å². The Morgan fingerprint density at radius 2 is 0.974 bits per heavy atom. The van der Waals surface area contributed by atoms with Crippen LogP contribution in [0.5, 0.6) is 23.0 Å². The van der Waals surface area contributed by atoms with E-state index in [2.05, 4.69) is 20.2 Å². The van der Waals surface area contributed by atoms with Gasteiger partial charge < -0.3 is 24.1 Å². The molecule has 0 bridgehead atoms. The number of ether oxygens (including phenoxy) is 4.